The molecule has 1 heterocycles. The highest BCUT2D eigenvalue weighted by Gasteiger charge is 2.37. The van der Waals surface area contributed by atoms with Crippen molar-refractivity contribution in [2.45, 2.75) is 12.4 Å². The van der Waals surface area contributed by atoms with Gasteiger partial charge >= 0.3 is 12.4 Å². The van der Waals surface area contributed by atoms with E-state index in [2.05, 4.69) is 11.1 Å². The number of hydrogen-bond acceptors (Lipinski definition) is 1. The molecule has 0 aliphatic heterocycles. The predicted octanol–water partition coefficient (Wildman–Crippen LogP) is 9.27. The van der Waals surface area contributed by atoms with Gasteiger partial charge in [-0.1, -0.05) is 66.7 Å². The van der Waals surface area contributed by atoms with Gasteiger partial charge < -0.3 is 0 Å². The van der Waals surface area contributed by atoms with Crippen molar-refractivity contribution in [2.24, 2.45) is 0 Å². The zero-order valence-electron chi connectivity index (χ0n) is 18.5. The molecule has 5 aromatic rings. The molecule has 5 rings (SSSR count). The molecule has 0 fully saturated rings. The van der Waals surface area contributed by atoms with Crippen molar-refractivity contribution in [1.82, 2.24) is 4.98 Å². The maximum Gasteiger partial charge on any atom is 0.416 e. The number of fused-ring (bicyclic) bond motifs is 1. The van der Waals surface area contributed by atoms with Gasteiger partial charge in [-0.05, 0) is 58.1 Å². The molecule has 0 saturated heterocycles. The van der Waals surface area contributed by atoms with Gasteiger partial charge in [-0.25, -0.2) is 0 Å². The number of pyridine rings is 1. The molecular formula is C29H17F6N. The average Bonchev–Trinajstić information content (AvgIpc) is 2.87. The summed E-state index contributed by atoms with van der Waals surface area (Å²) in [6, 6.07) is 25.5. The molecule has 0 aliphatic rings. The summed E-state index contributed by atoms with van der Waals surface area (Å²) in [5, 5.41) is 1.03. The SMILES string of the molecule is FC(F)(F)c1cc(-c2ccc(-c3ccc(-c4cnc5ccccc5c4)cc3)cc2)cc(C(F)(F)F)c1. The molecule has 0 amide bonds. The van der Waals surface area contributed by atoms with Gasteiger partial charge in [0.15, 0.2) is 0 Å². The lowest BCUT2D eigenvalue weighted by Crippen LogP contribution is -2.11. The summed E-state index contributed by atoms with van der Waals surface area (Å²) in [5.74, 6) is 0. The number of nitrogens with zero attached hydrogens (tertiary/aromatic N) is 1. The summed E-state index contributed by atoms with van der Waals surface area (Å²) in [7, 11) is 0. The van der Waals surface area contributed by atoms with E-state index >= 15 is 0 Å². The minimum atomic E-state index is -4.89. The van der Waals surface area contributed by atoms with Gasteiger partial charge in [-0.2, -0.15) is 26.3 Å². The Bertz CT molecular complexity index is 1500. The Morgan fingerprint density at radius 3 is 1.39 bits per heavy atom. The fourth-order valence-electron chi connectivity index (χ4n) is 4.06. The molecule has 0 spiro atoms. The number of benzene rings is 4. The van der Waals surface area contributed by atoms with E-state index in [9.17, 15) is 26.3 Å². The quantitative estimate of drug-likeness (QED) is 0.228. The fourth-order valence-corrected chi connectivity index (χ4v) is 4.06. The van der Waals surface area contributed by atoms with E-state index in [1.807, 2.05) is 48.5 Å². The van der Waals surface area contributed by atoms with Crippen molar-refractivity contribution >= 4 is 10.9 Å². The number of para-hydroxylation sites is 1. The first-order valence-electron chi connectivity index (χ1n) is 10.9. The molecule has 7 heteroatoms. The van der Waals surface area contributed by atoms with E-state index < -0.39 is 23.5 Å². The smallest absolute Gasteiger partial charge is 0.256 e. The topological polar surface area (TPSA) is 12.9 Å². The van der Waals surface area contributed by atoms with Crippen molar-refractivity contribution in [2.75, 3.05) is 0 Å². The minimum Gasteiger partial charge on any atom is -0.256 e. The molecule has 4 aromatic carbocycles. The Labute approximate surface area is 202 Å². The van der Waals surface area contributed by atoms with Crippen LogP contribution in [0.1, 0.15) is 11.1 Å². The molecule has 0 unspecified atom stereocenters. The van der Waals surface area contributed by atoms with Gasteiger partial charge in [0.25, 0.3) is 0 Å². The maximum absolute atomic E-state index is 13.2. The van der Waals surface area contributed by atoms with Crippen LogP contribution in [0.15, 0.2) is 103 Å². The second-order valence-corrected chi connectivity index (χ2v) is 8.37. The number of alkyl halides is 6. The third-order valence-electron chi connectivity index (χ3n) is 5.95. The van der Waals surface area contributed by atoms with Crippen LogP contribution in [0, 0.1) is 0 Å². The molecule has 0 radical (unpaired) electrons. The van der Waals surface area contributed by atoms with Crippen LogP contribution in [0.2, 0.25) is 0 Å². The van der Waals surface area contributed by atoms with Crippen molar-refractivity contribution in [3.05, 3.63) is 114 Å². The highest BCUT2D eigenvalue weighted by molar-refractivity contribution is 5.84. The van der Waals surface area contributed by atoms with Crippen LogP contribution < -0.4 is 0 Å². The van der Waals surface area contributed by atoms with Gasteiger partial charge in [0, 0.05) is 17.1 Å². The van der Waals surface area contributed by atoms with Crippen molar-refractivity contribution in [1.29, 1.82) is 0 Å². The Hall–Kier alpha value is -4.13. The number of halogens is 6. The van der Waals surface area contributed by atoms with E-state index in [1.165, 1.54) is 12.1 Å². The first-order chi connectivity index (χ1) is 17.1. The Kier molecular flexibility index (Phi) is 5.79. The van der Waals surface area contributed by atoms with Gasteiger partial charge in [0.1, 0.15) is 0 Å². The average molecular weight is 493 g/mol. The third-order valence-corrected chi connectivity index (χ3v) is 5.95. The number of aromatic nitrogens is 1. The fraction of sp³-hybridized carbons (Fsp3) is 0.0690. The molecule has 0 bridgehead atoms. The monoisotopic (exact) mass is 493 g/mol. The highest BCUT2D eigenvalue weighted by atomic mass is 19.4. The normalized spacial score (nSPS) is 12.2. The summed E-state index contributed by atoms with van der Waals surface area (Å²) in [6.45, 7) is 0. The first-order valence-corrected chi connectivity index (χ1v) is 10.9. The lowest BCUT2D eigenvalue weighted by Gasteiger charge is -2.14. The predicted molar refractivity (Wildman–Crippen MR) is 128 cm³/mol. The van der Waals surface area contributed by atoms with E-state index in [4.69, 9.17) is 0 Å². The molecule has 1 aromatic heterocycles. The van der Waals surface area contributed by atoms with Crippen LogP contribution in [0.4, 0.5) is 26.3 Å². The van der Waals surface area contributed by atoms with Gasteiger partial charge in [-0.15, -0.1) is 0 Å². The van der Waals surface area contributed by atoms with E-state index in [-0.39, 0.29) is 17.2 Å². The van der Waals surface area contributed by atoms with Crippen LogP contribution in [0.25, 0.3) is 44.3 Å². The van der Waals surface area contributed by atoms with E-state index in [1.54, 1.807) is 18.3 Å². The summed E-state index contributed by atoms with van der Waals surface area (Å²) >= 11 is 0. The summed E-state index contributed by atoms with van der Waals surface area (Å²) in [5.41, 5.74) is 1.91. The Morgan fingerprint density at radius 2 is 0.889 bits per heavy atom. The molecule has 0 N–H and O–H groups in total. The molecule has 1 nitrogen and oxygen atoms in total. The van der Waals surface area contributed by atoms with Gasteiger partial charge in [-0.3, -0.25) is 4.98 Å². The number of hydrogen-bond donors (Lipinski definition) is 0. The van der Waals surface area contributed by atoms with E-state index in [0.717, 1.165) is 45.3 Å². The first kappa shape index (κ1) is 23.6. The van der Waals surface area contributed by atoms with Crippen LogP contribution in [0.5, 0.6) is 0 Å². The molecule has 0 atom stereocenters. The van der Waals surface area contributed by atoms with Crippen molar-refractivity contribution < 1.29 is 26.3 Å². The standard InChI is InChI=1S/C29H17F6N/c30-28(31,32)25-14-23(15-26(16-25)29(33,34)35)20-9-5-18(6-10-20)19-7-11-21(12-8-19)24-13-22-3-1-2-4-27(22)36-17-24/h1-17H. The number of rotatable bonds is 3. The largest absolute Gasteiger partial charge is 0.416 e. The van der Waals surface area contributed by atoms with Crippen LogP contribution in [-0.2, 0) is 12.4 Å². The second-order valence-electron chi connectivity index (χ2n) is 8.37. The Balaban J connectivity index is 1.43. The molecule has 180 valence electrons. The summed E-state index contributed by atoms with van der Waals surface area (Å²) < 4.78 is 79.2. The van der Waals surface area contributed by atoms with Crippen LogP contribution in [0.3, 0.4) is 0 Å². The van der Waals surface area contributed by atoms with Gasteiger partial charge in [0.2, 0.25) is 0 Å². The molecule has 0 saturated carbocycles. The maximum atomic E-state index is 13.2. The summed E-state index contributed by atoms with van der Waals surface area (Å²) in [6.07, 6.45) is -7.98. The van der Waals surface area contributed by atoms with Crippen molar-refractivity contribution in [3.63, 3.8) is 0 Å². The zero-order valence-corrected chi connectivity index (χ0v) is 18.5. The molecule has 0 aliphatic carbocycles. The van der Waals surface area contributed by atoms with Crippen molar-refractivity contribution in [3.8, 4) is 33.4 Å². The van der Waals surface area contributed by atoms with Crippen LogP contribution >= 0.6 is 0 Å². The Morgan fingerprint density at radius 1 is 0.444 bits per heavy atom. The molecule has 36 heavy (non-hydrogen) atoms. The lowest BCUT2D eigenvalue weighted by molar-refractivity contribution is -0.143. The van der Waals surface area contributed by atoms with Crippen LogP contribution in [-0.4, -0.2) is 4.98 Å². The van der Waals surface area contributed by atoms with E-state index in [0.29, 0.717) is 0 Å². The zero-order chi connectivity index (χ0) is 25.5. The highest BCUT2D eigenvalue weighted by Crippen LogP contribution is 2.39. The third kappa shape index (κ3) is 4.82. The minimum absolute atomic E-state index is 0.129. The van der Waals surface area contributed by atoms with Gasteiger partial charge in [0.05, 0.1) is 16.6 Å². The lowest BCUT2D eigenvalue weighted by atomic mass is 9.96. The summed E-state index contributed by atoms with van der Waals surface area (Å²) in [4.78, 5) is 4.48. The molecular weight excluding hydrogens is 476 g/mol. The second kappa shape index (κ2) is 8.82.